The number of hydrogen-bond donors (Lipinski definition) is 2. The van der Waals surface area contributed by atoms with Gasteiger partial charge in [-0.1, -0.05) is 25.6 Å². The highest BCUT2D eigenvalue weighted by Crippen LogP contribution is 2.18. The topological polar surface area (TPSA) is 80.7 Å². The highest BCUT2D eigenvalue weighted by molar-refractivity contribution is 6.83. The van der Waals surface area contributed by atoms with Crippen molar-refractivity contribution < 1.29 is 19.4 Å². The first-order chi connectivity index (χ1) is 10.3. The molecule has 0 radical (unpaired) electrons. The molecule has 0 bridgehead atoms. The molecule has 1 heterocycles. The second kappa shape index (κ2) is 8.41. The second-order valence-electron chi connectivity index (χ2n) is 5.67. The van der Waals surface area contributed by atoms with Gasteiger partial charge in [0.05, 0.1) is 13.2 Å². The number of pyridine rings is 1. The predicted molar refractivity (Wildman–Crippen MR) is 86.7 cm³/mol. The normalized spacial score (nSPS) is 10.5. The van der Waals surface area contributed by atoms with Crippen LogP contribution in [-0.2, 0) is 11.3 Å². The SMILES string of the molecule is COCCOc1cc(C#C[Si](C)(C)C)cnc1CNC(=O)O. The van der Waals surface area contributed by atoms with E-state index in [1.54, 1.807) is 19.4 Å². The Hall–Kier alpha value is -2.04. The van der Waals surface area contributed by atoms with E-state index >= 15 is 0 Å². The Labute approximate surface area is 131 Å². The van der Waals surface area contributed by atoms with Crippen LogP contribution in [0.25, 0.3) is 0 Å². The van der Waals surface area contributed by atoms with Gasteiger partial charge in [-0.2, -0.15) is 0 Å². The molecule has 0 aliphatic carbocycles. The van der Waals surface area contributed by atoms with Crippen molar-refractivity contribution in [3.8, 4) is 17.2 Å². The van der Waals surface area contributed by atoms with E-state index < -0.39 is 14.2 Å². The van der Waals surface area contributed by atoms with Gasteiger partial charge in [-0.05, 0) is 6.07 Å². The number of nitrogens with zero attached hydrogens (tertiary/aromatic N) is 1. The van der Waals surface area contributed by atoms with E-state index in [1.807, 2.05) is 0 Å². The Morgan fingerprint density at radius 1 is 1.41 bits per heavy atom. The summed E-state index contributed by atoms with van der Waals surface area (Å²) in [7, 11) is 0.116. The molecule has 1 rings (SSSR count). The zero-order valence-corrected chi connectivity index (χ0v) is 14.4. The van der Waals surface area contributed by atoms with Crippen molar-refractivity contribution in [3.63, 3.8) is 0 Å². The smallest absolute Gasteiger partial charge is 0.404 e. The molecular formula is C15H22N2O4Si. The number of nitrogens with one attached hydrogen (secondary N) is 1. The van der Waals surface area contributed by atoms with Crippen LogP contribution in [-0.4, -0.2) is 44.6 Å². The number of hydrogen-bond acceptors (Lipinski definition) is 4. The summed E-state index contributed by atoms with van der Waals surface area (Å²) < 4.78 is 10.6. The molecule has 0 atom stereocenters. The average molecular weight is 322 g/mol. The van der Waals surface area contributed by atoms with Crippen molar-refractivity contribution >= 4 is 14.2 Å². The second-order valence-corrected chi connectivity index (χ2v) is 10.4. The molecule has 7 heteroatoms. The van der Waals surface area contributed by atoms with Crippen LogP contribution in [0.3, 0.4) is 0 Å². The summed E-state index contributed by atoms with van der Waals surface area (Å²) in [6.45, 7) is 7.37. The highest BCUT2D eigenvalue weighted by Gasteiger charge is 2.10. The molecule has 0 saturated carbocycles. The molecule has 0 aromatic carbocycles. The lowest BCUT2D eigenvalue weighted by Gasteiger charge is -2.11. The van der Waals surface area contributed by atoms with Crippen LogP contribution in [0.4, 0.5) is 4.79 Å². The standard InChI is InChI=1S/C15H22N2O4Si/c1-20-6-7-21-14-9-12(5-8-22(2,3)4)10-16-13(14)11-17-15(18)19/h9-10,17H,6-7,11H2,1-4H3,(H,18,19). The lowest BCUT2D eigenvalue weighted by atomic mass is 10.2. The zero-order chi connectivity index (χ0) is 16.6. The summed E-state index contributed by atoms with van der Waals surface area (Å²) in [5.74, 6) is 3.63. The van der Waals surface area contributed by atoms with Crippen molar-refractivity contribution in [3.05, 3.63) is 23.5 Å². The number of carboxylic acid groups (broad SMARTS) is 1. The molecular weight excluding hydrogens is 300 g/mol. The van der Waals surface area contributed by atoms with Gasteiger partial charge >= 0.3 is 6.09 Å². The molecule has 2 N–H and O–H groups in total. The van der Waals surface area contributed by atoms with E-state index in [2.05, 4.69) is 41.4 Å². The van der Waals surface area contributed by atoms with Gasteiger partial charge in [0.25, 0.3) is 0 Å². The molecule has 22 heavy (non-hydrogen) atoms. The van der Waals surface area contributed by atoms with Crippen molar-refractivity contribution in [2.24, 2.45) is 0 Å². The van der Waals surface area contributed by atoms with Gasteiger partial charge in [-0.3, -0.25) is 4.98 Å². The third kappa shape index (κ3) is 7.11. The Morgan fingerprint density at radius 2 is 2.14 bits per heavy atom. The number of carbonyl (C=O) groups is 1. The van der Waals surface area contributed by atoms with Crippen molar-refractivity contribution in [2.75, 3.05) is 20.3 Å². The molecule has 120 valence electrons. The van der Waals surface area contributed by atoms with Gasteiger partial charge < -0.3 is 19.9 Å². The molecule has 0 aliphatic rings. The fourth-order valence-electron chi connectivity index (χ4n) is 1.45. The lowest BCUT2D eigenvalue weighted by Crippen LogP contribution is -2.21. The Kier molecular flexibility index (Phi) is 6.89. The molecule has 1 aromatic heterocycles. The van der Waals surface area contributed by atoms with Crippen LogP contribution < -0.4 is 10.1 Å². The molecule has 1 aromatic rings. The average Bonchev–Trinajstić information content (AvgIpc) is 2.43. The van der Waals surface area contributed by atoms with Gasteiger partial charge in [0.15, 0.2) is 0 Å². The maximum Gasteiger partial charge on any atom is 0.404 e. The summed E-state index contributed by atoms with van der Waals surface area (Å²) in [4.78, 5) is 14.9. The number of amides is 1. The molecule has 1 amide bonds. The minimum absolute atomic E-state index is 0.0827. The van der Waals surface area contributed by atoms with Crippen LogP contribution >= 0.6 is 0 Å². The number of rotatable bonds is 6. The fourth-order valence-corrected chi connectivity index (χ4v) is 1.97. The van der Waals surface area contributed by atoms with Crippen molar-refractivity contribution in [2.45, 2.75) is 26.2 Å². The molecule has 0 fully saturated rings. The van der Waals surface area contributed by atoms with E-state index in [0.29, 0.717) is 24.7 Å². The molecule has 0 saturated heterocycles. The zero-order valence-electron chi connectivity index (χ0n) is 13.4. The third-order valence-electron chi connectivity index (χ3n) is 2.46. The molecule has 0 spiro atoms. The van der Waals surface area contributed by atoms with Gasteiger partial charge in [0.1, 0.15) is 26.1 Å². The van der Waals surface area contributed by atoms with E-state index in [1.165, 1.54) is 0 Å². The van der Waals surface area contributed by atoms with Crippen LogP contribution in [0.1, 0.15) is 11.3 Å². The first-order valence-corrected chi connectivity index (χ1v) is 10.4. The summed E-state index contributed by atoms with van der Waals surface area (Å²) >= 11 is 0. The third-order valence-corrected chi connectivity index (χ3v) is 3.34. The number of ether oxygens (including phenoxy) is 2. The summed E-state index contributed by atoms with van der Waals surface area (Å²) in [5.41, 5.74) is 4.54. The van der Waals surface area contributed by atoms with E-state index in [4.69, 9.17) is 14.6 Å². The van der Waals surface area contributed by atoms with Crippen LogP contribution in [0.5, 0.6) is 5.75 Å². The van der Waals surface area contributed by atoms with Crippen LogP contribution in [0, 0.1) is 11.5 Å². The summed E-state index contributed by atoms with van der Waals surface area (Å²) in [6.07, 6.45) is 0.530. The molecule has 0 unspecified atom stereocenters. The minimum atomic E-state index is -1.47. The monoisotopic (exact) mass is 322 g/mol. The summed E-state index contributed by atoms with van der Waals surface area (Å²) in [6, 6.07) is 1.79. The highest BCUT2D eigenvalue weighted by atomic mass is 28.3. The van der Waals surface area contributed by atoms with Gasteiger partial charge in [-0.15, -0.1) is 5.54 Å². The van der Waals surface area contributed by atoms with Gasteiger partial charge in [-0.25, -0.2) is 4.79 Å². The Balaban J connectivity index is 2.96. The van der Waals surface area contributed by atoms with Crippen LogP contribution in [0.15, 0.2) is 12.3 Å². The van der Waals surface area contributed by atoms with Crippen molar-refractivity contribution in [1.82, 2.24) is 10.3 Å². The number of methoxy groups -OCH3 is 1. The van der Waals surface area contributed by atoms with E-state index in [9.17, 15) is 4.79 Å². The van der Waals surface area contributed by atoms with Gasteiger partial charge in [0.2, 0.25) is 0 Å². The maximum absolute atomic E-state index is 10.6. The Morgan fingerprint density at radius 3 is 2.73 bits per heavy atom. The number of aromatic nitrogens is 1. The van der Waals surface area contributed by atoms with Crippen molar-refractivity contribution in [1.29, 1.82) is 0 Å². The first kappa shape index (κ1) is 18.0. The van der Waals surface area contributed by atoms with E-state index in [0.717, 1.165) is 5.56 Å². The largest absolute Gasteiger partial charge is 0.489 e. The van der Waals surface area contributed by atoms with E-state index in [-0.39, 0.29) is 6.54 Å². The molecule has 6 nitrogen and oxygen atoms in total. The van der Waals surface area contributed by atoms with Crippen LogP contribution in [0.2, 0.25) is 19.6 Å². The minimum Gasteiger partial charge on any atom is -0.489 e. The summed E-state index contributed by atoms with van der Waals surface area (Å²) in [5, 5.41) is 11.0. The quantitative estimate of drug-likeness (QED) is 0.476. The fraction of sp³-hybridized carbons (Fsp3) is 0.467. The van der Waals surface area contributed by atoms with Gasteiger partial charge in [0, 0.05) is 18.9 Å². The molecule has 0 aliphatic heterocycles. The maximum atomic E-state index is 10.6. The lowest BCUT2D eigenvalue weighted by molar-refractivity contribution is 0.145. The predicted octanol–water partition coefficient (Wildman–Crippen LogP) is 2.10. The first-order valence-electron chi connectivity index (χ1n) is 6.92. The Bertz CT molecular complexity index is 573.